The molecule has 29 heavy (non-hydrogen) atoms. The molecule has 0 bridgehead atoms. The number of urea groups is 1. The molecular formula is C23H26FN3O2. The molecule has 1 aliphatic heterocycles. The van der Waals surface area contributed by atoms with Crippen LogP contribution in [-0.4, -0.2) is 36.5 Å². The highest BCUT2D eigenvalue weighted by Crippen LogP contribution is 2.17. The van der Waals surface area contributed by atoms with Crippen molar-refractivity contribution in [3.8, 4) is 0 Å². The van der Waals surface area contributed by atoms with Gasteiger partial charge in [0.05, 0.1) is 0 Å². The van der Waals surface area contributed by atoms with Crippen LogP contribution in [0.15, 0.2) is 54.6 Å². The van der Waals surface area contributed by atoms with Gasteiger partial charge in [-0.1, -0.05) is 35.9 Å². The van der Waals surface area contributed by atoms with Crippen LogP contribution < -0.4 is 10.6 Å². The van der Waals surface area contributed by atoms with Crippen molar-refractivity contribution in [2.45, 2.75) is 19.8 Å². The summed E-state index contributed by atoms with van der Waals surface area (Å²) >= 11 is 0. The number of rotatable bonds is 5. The average Bonchev–Trinajstić information content (AvgIpc) is 2.72. The molecule has 2 aromatic rings. The van der Waals surface area contributed by atoms with Gasteiger partial charge in [-0.3, -0.25) is 4.79 Å². The van der Waals surface area contributed by atoms with Crippen LogP contribution in [0.4, 0.5) is 14.9 Å². The van der Waals surface area contributed by atoms with Gasteiger partial charge in [0.15, 0.2) is 0 Å². The molecule has 1 atom stereocenters. The second-order valence-electron chi connectivity index (χ2n) is 7.38. The van der Waals surface area contributed by atoms with Crippen LogP contribution in [0.5, 0.6) is 0 Å². The molecule has 0 aromatic heterocycles. The molecule has 1 aliphatic rings. The summed E-state index contributed by atoms with van der Waals surface area (Å²) in [5.41, 5.74) is 2.58. The highest BCUT2D eigenvalue weighted by molar-refractivity contribution is 5.92. The van der Waals surface area contributed by atoms with Gasteiger partial charge in [0.2, 0.25) is 5.91 Å². The van der Waals surface area contributed by atoms with Crippen LogP contribution in [0.2, 0.25) is 0 Å². The summed E-state index contributed by atoms with van der Waals surface area (Å²) in [6.07, 6.45) is 5.29. The smallest absolute Gasteiger partial charge is 0.319 e. The van der Waals surface area contributed by atoms with Gasteiger partial charge in [-0.2, -0.15) is 0 Å². The molecule has 1 heterocycles. The number of amides is 3. The van der Waals surface area contributed by atoms with Crippen LogP contribution in [0.3, 0.4) is 0 Å². The van der Waals surface area contributed by atoms with Gasteiger partial charge in [-0.05, 0) is 55.5 Å². The monoisotopic (exact) mass is 395 g/mol. The van der Waals surface area contributed by atoms with Crippen molar-refractivity contribution in [2.75, 3.05) is 25.0 Å². The van der Waals surface area contributed by atoms with Crippen LogP contribution in [0.1, 0.15) is 24.0 Å². The highest BCUT2D eigenvalue weighted by atomic mass is 19.1. The van der Waals surface area contributed by atoms with E-state index in [1.54, 1.807) is 18.2 Å². The van der Waals surface area contributed by atoms with Crippen molar-refractivity contribution in [2.24, 2.45) is 5.92 Å². The van der Waals surface area contributed by atoms with Gasteiger partial charge in [0.1, 0.15) is 5.82 Å². The largest absolute Gasteiger partial charge is 0.339 e. The number of nitrogens with one attached hydrogen (secondary N) is 2. The summed E-state index contributed by atoms with van der Waals surface area (Å²) in [4.78, 5) is 26.4. The zero-order valence-electron chi connectivity index (χ0n) is 16.5. The number of hydrogen-bond donors (Lipinski definition) is 2. The first-order valence-corrected chi connectivity index (χ1v) is 9.84. The number of nitrogens with zero attached hydrogens (tertiary/aromatic N) is 1. The molecule has 1 fully saturated rings. The van der Waals surface area contributed by atoms with E-state index >= 15 is 0 Å². The lowest BCUT2D eigenvalue weighted by Gasteiger charge is -2.32. The first kappa shape index (κ1) is 20.6. The lowest BCUT2D eigenvalue weighted by Crippen LogP contribution is -2.43. The maximum atomic E-state index is 13.2. The number of anilines is 1. The Kier molecular flexibility index (Phi) is 7.00. The minimum absolute atomic E-state index is 0.0144. The summed E-state index contributed by atoms with van der Waals surface area (Å²) in [6, 6.07) is 13.4. The molecule has 2 N–H and O–H groups in total. The molecule has 3 rings (SSSR count). The first-order valence-electron chi connectivity index (χ1n) is 9.84. The van der Waals surface area contributed by atoms with Gasteiger partial charge >= 0.3 is 6.03 Å². The Hall–Kier alpha value is -3.15. The highest BCUT2D eigenvalue weighted by Gasteiger charge is 2.22. The summed E-state index contributed by atoms with van der Waals surface area (Å²) in [7, 11) is 0. The van der Waals surface area contributed by atoms with E-state index in [0.29, 0.717) is 18.8 Å². The molecule has 0 saturated carbocycles. The summed E-state index contributed by atoms with van der Waals surface area (Å²) in [5.74, 6) is -0.221. The second kappa shape index (κ2) is 9.87. The molecule has 0 spiro atoms. The number of aryl methyl sites for hydroxylation is 1. The van der Waals surface area contributed by atoms with E-state index < -0.39 is 5.82 Å². The number of benzene rings is 2. The SMILES string of the molecule is Cc1ccc(/C=C/C(=O)N2CCCC(CNC(=O)Nc3cccc(F)c3)C2)cc1. The van der Waals surface area contributed by atoms with Crippen molar-refractivity contribution in [3.05, 3.63) is 71.6 Å². The van der Waals surface area contributed by atoms with Gasteiger partial charge in [0.25, 0.3) is 0 Å². The van der Waals surface area contributed by atoms with E-state index in [1.165, 1.54) is 17.7 Å². The average molecular weight is 395 g/mol. The van der Waals surface area contributed by atoms with E-state index in [0.717, 1.165) is 24.9 Å². The number of hydrogen-bond acceptors (Lipinski definition) is 2. The Balaban J connectivity index is 1.46. The number of likely N-dealkylation sites (tertiary alicyclic amines) is 1. The van der Waals surface area contributed by atoms with Crippen LogP contribution >= 0.6 is 0 Å². The molecule has 0 aliphatic carbocycles. The third-order valence-electron chi connectivity index (χ3n) is 4.96. The zero-order valence-corrected chi connectivity index (χ0v) is 16.5. The normalized spacial score (nSPS) is 16.6. The lowest BCUT2D eigenvalue weighted by molar-refractivity contribution is -0.127. The number of piperidine rings is 1. The summed E-state index contributed by atoms with van der Waals surface area (Å²) in [6.45, 7) is 3.83. The fourth-order valence-corrected chi connectivity index (χ4v) is 3.36. The Morgan fingerprint density at radius 3 is 2.76 bits per heavy atom. The molecule has 1 unspecified atom stereocenters. The number of halogens is 1. The minimum Gasteiger partial charge on any atom is -0.339 e. The molecule has 152 valence electrons. The summed E-state index contributed by atoms with van der Waals surface area (Å²) in [5, 5.41) is 5.43. The predicted octanol–water partition coefficient (Wildman–Crippen LogP) is 4.21. The fraction of sp³-hybridized carbons (Fsp3) is 0.304. The molecule has 3 amide bonds. The second-order valence-corrected chi connectivity index (χ2v) is 7.38. The molecule has 0 radical (unpaired) electrons. The van der Waals surface area contributed by atoms with Gasteiger partial charge in [-0.25, -0.2) is 9.18 Å². The molecule has 1 saturated heterocycles. The van der Waals surface area contributed by atoms with E-state index in [2.05, 4.69) is 10.6 Å². The van der Waals surface area contributed by atoms with Crippen LogP contribution in [0.25, 0.3) is 6.08 Å². The van der Waals surface area contributed by atoms with Crippen molar-refractivity contribution in [1.29, 1.82) is 0 Å². The Morgan fingerprint density at radius 1 is 1.21 bits per heavy atom. The van der Waals surface area contributed by atoms with E-state index in [4.69, 9.17) is 0 Å². The van der Waals surface area contributed by atoms with Gasteiger partial charge in [-0.15, -0.1) is 0 Å². The standard InChI is InChI=1S/C23H26FN3O2/c1-17-7-9-18(10-8-17)11-12-22(28)27-13-3-4-19(16-27)15-25-23(29)26-21-6-2-5-20(24)14-21/h2,5-12,14,19H,3-4,13,15-16H2,1H3,(H2,25,26,29)/b12-11+. The van der Waals surface area contributed by atoms with Crippen molar-refractivity contribution < 1.29 is 14.0 Å². The molecule has 5 nitrogen and oxygen atoms in total. The Bertz CT molecular complexity index is 880. The zero-order chi connectivity index (χ0) is 20.6. The predicted molar refractivity (Wildman–Crippen MR) is 113 cm³/mol. The Labute approximate surface area is 170 Å². The lowest BCUT2D eigenvalue weighted by atomic mass is 9.98. The number of carbonyl (C=O) groups is 2. The quantitative estimate of drug-likeness (QED) is 0.745. The first-order chi connectivity index (χ1) is 14.0. The maximum Gasteiger partial charge on any atom is 0.319 e. The molecule has 2 aromatic carbocycles. The minimum atomic E-state index is -0.400. The third-order valence-corrected chi connectivity index (χ3v) is 4.96. The molecule has 6 heteroatoms. The van der Waals surface area contributed by atoms with E-state index in [-0.39, 0.29) is 17.9 Å². The third kappa shape index (κ3) is 6.45. The van der Waals surface area contributed by atoms with Crippen molar-refractivity contribution in [1.82, 2.24) is 10.2 Å². The van der Waals surface area contributed by atoms with E-state index in [1.807, 2.05) is 42.2 Å². The number of carbonyl (C=O) groups excluding carboxylic acids is 2. The molecular weight excluding hydrogens is 369 g/mol. The van der Waals surface area contributed by atoms with Crippen molar-refractivity contribution in [3.63, 3.8) is 0 Å². The topological polar surface area (TPSA) is 61.4 Å². The van der Waals surface area contributed by atoms with Gasteiger partial charge < -0.3 is 15.5 Å². The van der Waals surface area contributed by atoms with Crippen LogP contribution in [0, 0.1) is 18.7 Å². The van der Waals surface area contributed by atoms with Crippen LogP contribution in [-0.2, 0) is 4.79 Å². The van der Waals surface area contributed by atoms with Crippen molar-refractivity contribution >= 4 is 23.7 Å². The fourth-order valence-electron chi connectivity index (χ4n) is 3.36. The summed E-state index contributed by atoms with van der Waals surface area (Å²) < 4.78 is 13.2. The van der Waals surface area contributed by atoms with Gasteiger partial charge in [0, 0.05) is 31.4 Å². The van der Waals surface area contributed by atoms with E-state index in [9.17, 15) is 14.0 Å². The maximum absolute atomic E-state index is 13.2. The Morgan fingerprint density at radius 2 is 2.00 bits per heavy atom.